The van der Waals surface area contributed by atoms with E-state index in [1.54, 1.807) is 4.68 Å². The highest BCUT2D eigenvalue weighted by atomic mass is 16.5. The molecule has 2 aromatic rings. The van der Waals surface area contributed by atoms with E-state index in [9.17, 15) is 4.79 Å². The molecular weight excluding hydrogens is 268 g/mol. The van der Waals surface area contributed by atoms with Crippen LogP contribution in [0, 0.1) is 6.92 Å². The summed E-state index contributed by atoms with van der Waals surface area (Å²) in [4.78, 5) is 12.0. The van der Waals surface area contributed by atoms with Crippen LogP contribution in [-0.4, -0.2) is 28.9 Å². The number of methoxy groups -OCH3 is 1. The summed E-state index contributed by atoms with van der Waals surface area (Å²) in [5.74, 6) is 0.305. The van der Waals surface area contributed by atoms with Crippen molar-refractivity contribution >= 4 is 17.6 Å². The minimum Gasteiger partial charge on any atom is -0.465 e. The van der Waals surface area contributed by atoms with Crippen LogP contribution >= 0.6 is 0 Å². The molecular formula is C15H18N4O2. The zero-order valence-electron chi connectivity index (χ0n) is 12.1. The molecule has 1 aromatic carbocycles. The van der Waals surface area contributed by atoms with Crippen molar-refractivity contribution in [1.82, 2.24) is 9.78 Å². The highest BCUT2D eigenvalue weighted by Crippen LogP contribution is 2.31. The lowest BCUT2D eigenvalue weighted by atomic mass is 10.2. The molecule has 1 aliphatic rings. The van der Waals surface area contributed by atoms with Gasteiger partial charge in [0.2, 0.25) is 0 Å². The summed E-state index contributed by atoms with van der Waals surface area (Å²) in [7, 11) is 1.34. The Balaban J connectivity index is 2.11. The Morgan fingerprint density at radius 3 is 2.76 bits per heavy atom. The molecule has 3 N–H and O–H groups in total. The van der Waals surface area contributed by atoms with Crippen LogP contribution < -0.4 is 11.1 Å². The standard InChI is InChI=1S/C15H18N4O2/c1-9-5-3-4-6-11(9)19-13(16)12(15(20)21-2)14(18-19)17-10-7-8-10/h3-6,10H,7-8,16H2,1-2H3,(H,17,18). The largest absolute Gasteiger partial charge is 0.465 e. The molecule has 1 saturated carbocycles. The highest BCUT2D eigenvalue weighted by molar-refractivity contribution is 6.00. The number of nitrogens with zero attached hydrogens (tertiary/aromatic N) is 2. The van der Waals surface area contributed by atoms with Crippen LogP contribution in [0.2, 0.25) is 0 Å². The fourth-order valence-electron chi connectivity index (χ4n) is 2.24. The Hall–Kier alpha value is -2.50. The number of benzene rings is 1. The first-order chi connectivity index (χ1) is 10.1. The summed E-state index contributed by atoms with van der Waals surface area (Å²) < 4.78 is 6.42. The molecule has 0 bridgehead atoms. The van der Waals surface area contributed by atoms with Crippen LogP contribution in [0.3, 0.4) is 0 Å². The monoisotopic (exact) mass is 286 g/mol. The number of hydrogen-bond donors (Lipinski definition) is 2. The van der Waals surface area contributed by atoms with Gasteiger partial charge in [0.25, 0.3) is 0 Å². The molecule has 6 nitrogen and oxygen atoms in total. The van der Waals surface area contributed by atoms with Crippen LogP contribution in [0.4, 0.5) is 11.6 Å². The summed E-state index contributed by atoms with van der Waals surface area (Å²) >= 11 is 0. The molecule has 1 aromatic heterocycles. The molecule has 1 fully saturated rings. The second kappa shape index (κ2) is 5.12. The molecule has 21 heavy (non-hydrogen) atoms. The van der Waals surface area contributed by atoms with Crippen molar-refractivity contribution in [2.24, 2.45) is 0 Å². The fourth-order valence-corrected chi connectivity index (χ4v) is 2.24. The van der Waals surface area contributed by atoms with Crippen LogP contribution in [0.15, 0.2) is 24.3 Å². The van der Waals surface area contributed by atoms with Gasteiger partial charge in [0.1, 0.15) is 11.4 Å². The van der Waals surface area contributed by atoms with Gasteiger partial charge in [0, 0.05) is 6.04 Å². The quantitative estimate of drug-likeness (QED) is 0.841. The van der Waals surface area contributed by atoms with Crippen LogP contribution in [0.1, 0.15) is 28.8 Å². The van der Waals surface area contributed by atoms with Gasteiger partial charge in [0.15, 0.2) is 5.82 Å². The number of nitrogens with two attached hydrogens (primary N) is 1. The number of aryl methyl sites for hydroxylation is 1. The van der Waals surface area contributed by atoms with Crippen LogP contribution in [0.5, 0.6) is 0 Å². The normalized spacial score (nSPS) is 14.0. The summed E-state index contributed by atoms with van der Waals surface area (Å²) in [5.41, 5.74) is 8.32. The average Bonchev–Trinajstić information content (AvgIpc) is 3.23. The van der Waals surface area contributed by atoms with Gasteiger partial charge in [-0.05, 0) is 31.4 Å². The Morgan fingerprint density at radius 1 is 1.43 bits per heavy atom. The van der Waals surface area contributed by atoms with E-state index in [-0.39, 0.29) is 0 Å². The van der Waals surface area contributed by atoms with Crippen molar-refractivity contribution in [1.29, 1.82) is 0 Å². The second-order valence-electron chi connectivity index (χ2n) is 5.22. The van der Waals surface area contributed by atoms with Crippen molar-refractivity contribution in [2.75, 3.05) is 18.2 Å². The first-order valence-corrected chi connectivity index (χ1v) is 6.91. The molecule has 0 atom stereocenters. The summed E-state index contributed by atoms with van der Waals surface area (Å²) in [6.07, 6.45) is 2.16. The molecule has 1 heterocycles. The third kappa shape index (κ3) is 2.44. The predicted octanol–water partition coefficient (Wildman–Crippen LogP) is 2.12. The maximum absolute atomic E-state index is 12.0. The lowest BCUT2D eigenvalue weighted by Crippen LogP contribution is -2.10. The lowest BCUT2D eigenvalue weighted by Gasteiger charge is -2.07. The summed E-state index contributed by atoms with van der Waals surface area (Å²) in [5, 5.41) is 7.71. The van der Waals surface area contributed by atoms with Gasteiger partial charge >= 0.3 is 5.97 Å². The van der Waals surface area contributed by atoms with Crippen molar-refractivity contribution < 1.29 is 9.53 Å². The number of ether oxygens (including phenoxy) is 1. The fraction of sp³-hybridized carbons (Fsp3) is 0.333. The Bertz CT molecular complexity index is 689. The Labute approximate surface area is 122 Å². The second-order valence-corrected chi connectivity index (χ2v) is 5.22. The lowest BCUT2D eigenvalue weighted by molar-refractivity contribution is 0.0603. The molecule has 0 amide bonds. The van der Waals surface area contributed by atoms with E-state index >= 15 is 0 Å². The molecule has 0 unspecified atom stereocenters. The molecule has 1 aliphatic carbocycles. The maximum atomic E-state index is 12.0. The highest BCUT2D eigenvalue weighted by Gasteiger charge is 2.29. The third-order valence-corrected chi connectivity index (χ3v) is 3.57. The number of nitrogens with one attached hydrogen (secondary N) is 1. The third-order valence-electron chi connectivity index (χ3n) is 3.57. The molecule has 0 spiro atoms. The number of anilines is 2. The first-order valence-electron chi connectivity index (χ1n) is 6.91. The number of esters is 1. The first kappa shape index (κ1) is 13.5. The van der Waals surface area contributed by atoms with Crippen molar-refractivity contribution in [2.45, 2.75) is 25.8 Å². The SMILES string of the molecule is COC(=O)c1c(NC2CC2)nn(-c2ccccc2C)c1N. The maximum Gasteiger partial charge on any atom is 0.345 e. The van der Waals surface area contributed by atoms with E-state index < -0.39 is 5.97 Å². The molecule has 0 aliphatic heterocycles. The summed E-state index contributed by atoms with van der Waals surface area (Å²) in [6.45, 7) is 1.97. The number of nitrogen functional groups attached to an aromatic ring is 1. The smallest absolute Gasteiger partial charge is 0.345 e. The van der Waals surface area contributed by atoms with Crippen LogP contribution in [-0.2, 0) is 4.74 Å². The Morgan fingerprint density at radius 2 is 2.14 bits per heavy atom. The average molecular weight is 286 g/mol. The number of hydrogen-bond acceptors (Lipinski definition) is 5. The van der Waals surface area contributed by atoms with Gasteiger partial charge < -0.3 is 15.8 Å². The van der Waals surface area contributed by atoms with Gasteiger partial charge in [-0.25, -0.2) is 9.48 Å². The van der Waals surface area contributed by atoms with Crippen molar-refractivity contribution in [3.8, 4) is 5.69 Å². The van der Waals surface area contributed by atoms with Gasteiger partial charge in [0.05, 0.1) is 12.8 Å². The molecule has 0 radical (unpaired) electrons. The molecule has 110 valence electrons. The van der Waals surface area contributed by atoms with E-state index in [0.717, 1.165) is 24.1 Å². The number of para-hydroxylation sites is 1. The number of carbonyl (C=O) groups excluding carboxylic acids is 1. The minimum absolute atomic E-state index is 0.291. The van der Waals surface area contributed by atoms with E-state index in [1.165, 1.54) is 7.11 Å². The predicted molar refractivity (Wildman–Crippen MR) is 80.7 cm³/mol. The van der Waals surface area contributed by atoms with Gasteiger partial charge in [-0.3, -0.25) is 0 Å². The van der Waals surface area contributed by atoms with Gasteiger partial charge in [-0.15, -0.1) is 5.10 Å². The van der Waals surface area contributed by atoms with Crippen LogP contribution in [0.25, 0.3) is 5.69 Å². The topological polar surface area (TPSA) is 82.2 Å². The van der Waals surface area contributed by atoms with E-state index in [1.807, 2.05) is 31.2 Å². The number of aromatic nitrogens is 2. The van der Waals surface area contributed by atoms with E-state index in [4.69, 9.17) is 10.5 Å². The number of carbonyl (C=O) groups is 1. The van der Waals surface area contributed by atoms with Gasteiger partial charge in [-0.1, -0.05) is 18.2 Å². The zero-order valence-corrected chi connectivity index (χ0v) is 12.1. The molecule has 6 heteroatoms. The Kier molecular flexibility index (Phi) is 3.29. The van der Waals surface area contributed by atoms with E-state index in [0.29, 0.717) is 23.2 Å². The summed E-state index contributed by atoms with van der Waals surface area (Å²) in [6, 6.07) is 8.12. The van der Waals surface area contributed by atoms with Crippen molar-refractivity contribution in [3.05, 3.63) is 35.4 Å². The van der Waals surface area contributed by atoms with E-state index in [2.05, 4.69) is 10.4 Å². The molecule has 3 rings (SSSR count). The zero-order chi connectivity index (χ0) is 15.0. The molecule has 0 saturated heterocycles. The van der Waals surface area contributed by atoms with Gasteiger partial charge in [-0.2, -0.15) is 0 Å². The minimum atomic E-state index is -0.476. The van der Waals surface area contributed by atoms with Crippen molar-refractivity contribution in [3.63, 3.8) is 0 Å². The number of rotatable bonds is 4.